The van der Waals surface area contributed by atoms with Gasteiger partial charge in [0, 0.05) is 6.61 Å². The van der Waals surface area contributed by atoms with E-state index in [1.807, 2.05) is 6.92 Å². The van der Waals surface area contributed by atoms with Crippen LogP contribution in [0.4, 0.5) is 0 Å². The maximum absolute atomic E-state index is 12.1. The monoisotopic (exact) mass is 262 g/mol. The summed E-state index contributed by atoms with van der Waals surface area (Å²) in [5.74, 6) is -1.00. The van der Waals surface area contributed by atoms with E-state index in [9.17, 15) is 9.59 Å². The van der Waals surface area contributed by atoms with Crippen LogP contribution in [-0.2, 0) is 4.74 Å². The summed E-state index contributed by atoms with van der Waals surface area (Å²) in [6.07, 6.45) is 0.705. The lowest BCUT2D eigenvalue weighted by molar-refractivity contribution is 0.0697. The van der Waals surface area contributed by atoms with Crippen LogP contribution in [0, 0.1) is 0 Å². The van der Waals surface area contributed by atoms with Gasteiger partial charge < -0.3 is 14.8 Å². The number of aromatic nitrogens is 2. The largest absolute Gasteiger partial charge is 0.478 e. The first-order valence-electron chi connectivity index (χ1n) is 6.17. The van der Waals surface area contributed by atoms with E-state index >= 15 is 0 Å². The molecule has 1 aromatic carbocycles. The van der Waals surface area contributed by atoms with Gasteiger partial charge in [0.05, 0.1) is 28.7 Å². The van der Waals surface area contributed by atoms with Crippen molar-refractivity contribution in [2.24, 2.45) is 0 Å². The molecule has 0 bridgehead atoms. The van der Waals surface area contributed by atoms with E-state index in [0.29, 0.717) is 17.6 Å². The Morgan fingerprint density at radius 2 is 2.32 bits per heavy atom. The molecule has 2 atom stereocenters. The fraction of sp³-hybridized carbons (Fsp3) is 0.385. The Kier molecular flexibility index (Phi) is 2.67. The number of rotatable bonds is 2. The van der Waals surface area contributed by atoms with Gasteiger partial charge in [-0.2, -0.15) is 0 Å². The van der Waals surface area contributed by atoms with Gasteiger partial charge in [0.25, 0.3) is 0 Å². The molecule has 2 aromatic rings. The third kappa shape index (κ3) is 1.84. The van der Waals surface area contributed by atoms with Gasteiger partial charge in [-0.3, -0.25) is 4.57 Å². The summed E-state index contributed by atoms with van der Waals surface area (Å²) >= 11 is 0. The molecule has 2 heterocycles. The Balaban J connectivity index is 2.22. The quantitative estimate of drug-likeness (QED) is 0.856. The predicted molar refractivity (Wildman–Crippen MR) is 68.6 cm³/mol. The molecule has 0 aliphatic carbocycles. The molecule has 6 nitrogen and oxygen atoms in total. The number of aromatic carboxylic acids is 1. The minimum absolute atomic E-state index is 0.0507. The molecule has 100 valence electrons. The zero-order valence-corrected chi connectivity index (χ0v) is 10.4. The maximum Gasteiger partial charge on any atom is 0.335 e. The van der Waals surface area contributed by atoms with E-state index in [1.165, 1.54) is 12.1 Å². The minimum Gasteiger partial charge on any atom is -0.478 e. The number of hydrogen-bond donors (Lipinski definition) is 2. The van der Waals surface area contributed by atoms with Crippen molar-refractivity contribution in [3.63, 3.8) is 0 Å². The summed E-state index contributed by atoms with van der Waals surface area (Å²) in [6.45, 7) is 2.54. The molecule has 0 radical (unpaired) electrons. The van der Waals surface area contributed by atoms with E-state index < -0.39 is 5.97 Å². The van der Waals surface area contributed by atoms with Crippen LogP contribution in [-0.4, -0.2) is 33.3 Å². The molecular formula is C13H14N2O4. The zero-order valence-electron chi connectivity index (χ0n) is 10.4. The molecule has 0 spiro atoms. The molecule has 3 rings (SSSR count). The lowest BCUT2D eigenvalue weighted by Gasteiger charge is -2.15. The normalized spacial score (nSPS) is 23.0. The average Bonchev–Trinajstić information content (AvgIpc) is 2.90. The van der Waals surface area contributed by atoms with E-state index in [-0.39, 0.29) is 23.4 Å². The summed E-state index contributed by atoms with van der Waals surface area (Å²) in [5, 5.41) is 9.04. The SMILES string of the molecule is CC1OCCC1n1c(=O)[nH]c2ccc(C(=O)O)cc21. The molecule has 2 N–H and O–H groups in total. The van der Waals surface area contributed by atoms with Crippen LogP contribution in [0.2, 0.25) is 0 Å². The third-order valence-corrected chi connectivity index (χ3v) is 3.63. The topological polar surface area (TPSA) is 84.3 Å². The summed E-state index contributed by atoms with van der Waals surface area (Å²) < 4.78 is 7.09. The fourth-order valence-corrected chi connectivity index (χ4v) is 2.64. The van der Waals surface area contributed by atoms with E-state index in [0.717, 1.165) is 6.42 Å². The molecule has 0 amide bonds. The number of H-pyrrole nitrogens is 1. The zero-order chi connectivity index (χ0) is 13.6. The second-order valence-electron chi connectivity index (χ2n) is 4.77. The van der Waals surface area contributed by atoms with Crippen LogP contribution in [0.1, 0.15) is 29.7 Å². The molecular weight excluding hydrogens is 248 g/mol. The Bertz CT molecular complexity index is 700. The van der Waals surface area contributed by atoms with Crippen molar-refractivity contribution in [3.8, 4) is 0 Å². The molecule has 1 saturated heterocycles. The van der Waals surface area contributed by atoms with Gasteiger partial charge in [-0.15, -0.1) is 0 Å². The number of nitrogens with one attached hydrogen (secondary N) is 1. The summed E-state index contributed by atoms with van der Waals surface area (Å²) in [5.41, 5.74) is 1.22. The van der Waals surface area contributed by atoms with Gasteiger partial charge >= 0.3 is 11.7 Å². The van der Waals surface area contributed by atoms with Crippen LogP contribution in [0.25, 0.3) is 11.0 Å². The summed E-state index contributed by atoms with van der Waals surface area (Å²) in [6, 6.07) is 4.59. The Morgan fingerprint density at radius 1 is 1.53 bits per heavy atom. The maximum atomic E-state index is 12.1. The highest BCUT2D eigenvalue weighted by Gasteiger charge is 2.28. The Labute approximate surface area is 108 Å². The van der Waals surface area contributed by atoms with Crippen molar-refractivity contribution in [1.29, 1.82) is 0 Å². The molecule has 0 saturated carbocycles. The van der Waals surface area contributed by atoms with Crippen molar-refractivity contribution < 1.29 is 14.6 Å². The average molecular weight is 262 g/mol. The highest BCUT2D eigenvalue weighted by molar-refractivity contribution is 5.92. The van der Waals surface area contributed by atoms with Crippen molar-refractivity contribution in [2.75, 3.05) is 6.61 Å². The van der Waals surface area contributed by atoms with E-state index in [1.54, 1.807) is 10.6 Å². The van der Waals surface area contributed by atoms with Crippen molar-refractivity contribution >= 4 is 17.0 Å². The van der Waals surface area contributed by atoms with Crippen LogP contribution < -0.4 is 5.69 Å². The Hall–Kier alpha value is -2.08. The number of fused-ring (bicyclic) bond motifs is 1. The summed E-state index contributed by atoms with van der Waals surface area (Å²) in [7, 11) is 0. The van der Waals surface area contributed by atoms with Crippen LogP contribution >= 0.6 is 0 Å². The second kappa shape index (κ2) is 4.24. The van der Waals surface area contributed by atoms with Gasteiger partial charge in [-0.25, -0.2) is 9.59 Å². The first kappa shape index (κ1) is 12.0. The second-order valence-corrected chi connectivity index (χ2v) is 4.77. The number of carbonyl (C=O) groups is 1. The number of nitrogens with zero attached hydrogens (tertiary/aromatic N) is 1. The lowest BCUT2D eigenvalue weighted by Crippen LogP contribution is -2.26. The number of carboxylic acids is 1. The van der Waals surface area contributed by atoms with Crippen molar-refractivity contribution in [3.05, 3.63) is 34.2 Å². The minimum atomic E-state index is -1.00. The molecule has 2 unspecified atom stereocenters. The number of imidazole rings is 1. The van der Waals surface area contributed by atoms with Crippen molar-refractivity contribution in [1.82, 2.24) is 9.55 Å². The van der Waals surface area contributed by atoms with Gasteiger partial charge in [-0.1, -0.05) is 0 Å². The summed E-state index contributed by atoms with van der Waals surface area (Å²) in [4.78, 5) is 25.8. The molecule has 1 fully saturated rings. The smallest absolute Gasteiger partial charge is 0.335 e. The first-order chi connectivity index (χ1) is 9.08. The van der Waals surface area contributed by atoms with Crippen LogP contribution in [0.15, 0.2) is 23.0 Å². The fourth-order valence-electron chi connectivity index (χ4n) is 2.64. The van der Waals surface area contributed by atoms with E-state index in [4.69, 9.17) is 9.84 Å². The third-order valence-electron chi connectivity index (χ3n) is 3.63. The number of ether oxygens (including phenoxy) is 1. The van der Waals surface area contributed by atoms with Gasteiger partial charge in [-0.05, 0) is 31.5 Å². The molecule has 1 aliphatic heterocycles. The van der Waals surface area contributed by atoms with Crippen molar-refractivity contribution in [2.45, 2.75) is 25.5 Å². The van der Waals surface area contributed by atoms with Crippen LogP contribution in [0.5, 0.6) is 0 Å². The standard InChI is InChI=1S/C13H14N2O4/c1-7-10(4-5-19-7)15-11-6-8(12(16)17)2-3-9(11)14-13(15)18/h2-3,6-7,10H,4-5H2,1H3,(H,14,18)(H,16,17). The number of benzene rings is 1. The van der Waals surface area contributed by atoms with Gasteiger partial charge in [0.2, 0.25) is 0 Å². The highest BCUT2D eigenvalue weighted by atomic mass is 16.5. The number of carboxylic acid groups (broad SMARTS) is 1. The number of aromatic amines is 1. The molecule has 1 aromatic heterocycles. The predicted octanol–water partition coefficient (Wildman–Crippen LogP) is 1.38. The molecule has 19 heavy (non-hydrogen) atoms. The van der Waals surface area contributed by atoms with Crippen LogP contribution in [0.3, 0.4) is 0 Å². The van der Waals surface area contributed by atoms with E-state index in [2.05, 4.69) is 4.98 Å². The molecule has 6 heteroatoms. The van der Waals surface area contributed by atoms with Gasteiger partial charge in [0.1, 0.15) is 0 Å². The Morgan fingerprint density at radius 3 is 2.95 bits per heavy atom. The molecule has 1 aliphatic rings. The first-order valence-corrected chi connectivity index (χ1v) is 6.17. The number of hydrogen-bond acceptors (Lipinski definition) is 3. The highest BCUT2D eigenvalue weighted by Crippen LogP contribution is 2.27. The lowest BCUT2D eigenvalue weighted by atomic mass is 10.1. The van der Waals surface area contributed by atoms with Gasteiger partial charge in [0.15, 0.2) is 0 Å².